The fourth-order valence-corrected chi connectivity index (χ4v) is 1.96. The molecule has 3 heteroatoms. The highest BCUT2D eigenvalue weighted by molar-refractivity contribution is 5.45. The van der Waals surface area contributed by atoms with Gasteiger partial charge in [-0.2, -0.15) is 0 Å². The summed E-state index contributed by atoms with van der Waals surface area (Å²) in [7, 11) is 0. The molecule has 0 amide bonds. The Hall–Kier alpha value is -1.87. The SMILES string of the molecule is CC(C)(COCc1ccccc1)Nc1ccc(F)cc1. The smallest absolute Gasteiger partial charge is 0.123 e. The monoisotopic (exact) mass is 273 g/mol. The molecule has 0 aromatic heterocycles. The van der Waals surface area contributed by atoms with Gasteiger partial charge in [0, 0.05) is 5.69 Å². The van der Waals surface area contributed by atoms with Crippen LogP contribution in [0.5, 0.6) is 0 Å². The molecule has 0 saturated carbocycles. The second kappa shape index (κ2) is 6.53. The van der Waals surface area contributed by atoms with E-state index in [0.29, 0.717) is 13.2 Å². The Balaban J connectivity index is 1.83. The van der Waals surface area contributed by atoms with Crippen LogP contribution in [-0.4, -0.2) is 12.1 Å². The zero-order valence-electron chi connectivity index (χ0n) is 11.9. The van der Waals surface area contributed by atoms with Crippen molar-refractivity contribution < 1.29 is 9.13 Å². The molecular weight excluding hydrogens is 253 g/mol. The van der Waals surface area contributed by atoms with Gasteiger partial charge in [-0.3, -0.25) is 0 Å². The van der Waals surface area contributed by atoms with E-state index < -0.39 is 0 Å². The van der Waals surface area contributed by atoms with Crippen LogP contribution in [0.1, 0.15) is 19.4 Å². The van der Waals surface area contributed by atoms with Crippen LogP contribution in [0.15, 0.2) is 54.6 Å². The highest BCUT2D eigenvalue weighted by atomic mass is 19.1. The first kappa shape index (κ1) is 14.5. The third-order valence-corrected chi connectivity index (χ3v) is 2.90. The van der Waals surface area contributed by atoms with Gasteiger partial charge in [0.05, 0.1) is 18.8 Å². The van der Waals surface area contributed by atoms with E-state index in [1.807, 2.05) is 30.3 Å². The Labute approximate surface area is 119 Å². The summed E-state index contributed by atoms with van der Waals surface area (Å²) < 4.78 is 18.6. The first-order valence-electron chi connectivity index (χ1n) is 6.71. The summed E-state index contributed by atoms with van der Waals surface area (Å²) in [5.41, 5.74) is 1.83. The van der Waals surface area contributed by atoms with Crippen LogP contribution in [0.4, 0.5) is 10.1 Å². The topological polar surface area (TPSA) is 21.3 Å². The molecule has 20 heavy (non-hydrogen) atoms. The lowest BCUT2D eigenvalue weighted by Crippen LogP contribution is -2.36. The molecule has 2 rings (SSSR count). The number of hydrogen-bond acceptors (Lipinski definition) is 2. The lowest BCUT2D eigenvalue weighted by Gasteiger charge is -2.27. The molecule has 1 N–H and O–H groups in total. The van der Waals surface area contributed by atoms with E-state index in [4.69, 9.17) is 4.74 Å². The van der Waals surface area contributed by atoms with E-state index in [0.717, 1.165) is 11.3 Å². The third-order valence-electron chi connectivity index (χ3n) is 2.90. The maximum atomic E-state index is 12.9. The van der Waals surface area contributed by atoms with Crippen molar-refractivity contribution >= 4 is 5.69 Å². The number of nitrogens with one attached hydrogen (secondary N) is 1. The molecule has 0 unspecified atom stereocenters. The van der Waals surface area contributed by atoms with E-state index in [1.54, 1.807) is 12.1 Å². The highest BCUT2D eigenvalue weighted by Crippen LogP contribution is 2.16. The molecule has 2 nitrogen and oxygen atoms in total. The molecular formula is C17H20FNO. The third kappa shape index (κ3) is 4.67. The van der Waals surface area contributed by atoms with E-state index in [9.17, 15) is 4.39 Å². The lowest BCUT2D eigenvalue weighted by atomic mass is 10.1. The Bertz CT molecular complexity index is 522. The fraction of sp³-hybridized carbons (Fsp3) is 0.294. The molecule has 0 heterocycles. The second-order valence-electron chi connectivity index (χ2n) is 5.49. The lowest BCUT2D eigenvalue weighted by molar-refractivity contribution is 0.0913. The number of hydrogen-bond donors (Lipinski definition) is 1. The molecule has 2 aromatic carbocycles. The van der Waals surface area contributed by atoms with Gasteiger partial charge in [-0.05, 0) is 43.7 Å². The minimum absolute atomic E-state index is 0.216. The van der Waals surface area contributed by atoms with Crippen molar-refractivity contribution in [1.82, 2.24) is 0 Å². The van der Waals surface area contributed by atoms with E-state index in [-0.39, 0.29) is 11.4 Å². The summed E-state index contributed by atoms with van der Waals surface area (Å²) >= 11 is 0. The largest absolute Gasteiger partial charge is 0.378 e. The first-order chi connectivity index (χ1) is 9.55. The summed E-state index contributed by atoms with van der Waals surface area (Å²) in [6, 6.07) is 16.4. The van der Waals surface area contributed by atoms with Crippen molar-refractivity contribution in [2.24, 2.45) is 0 Å². The van der Waals surface area contributed by atoms with Crippen LogP contribution in [0, 0.1) is 5.82 Å². The predicted octanol–water partition coefficient (Wildman–Crippen LogP) is 4.23. The van der Waals surface area contributed by atoms with Crippen LogP contribution in [0.3, 0.4) is 0 Å². The molecule has 0 spiro atoms. The Kier molecular flexibility index (Phi) is 4.74. The molecule has 0 aliphatic heterocycles. The number of anilines is 1. The van der Waals surface area contributed by atoms with Gasteiger partial charge >= 0.3 is 0 Å². The maximum absolute atomic E-state index is 12.9. The summed E-state index contributed by atoms with van der Waals surface area (Å²) in [6.45, 7) is 5.28. The maximum Gasteiger partial charge on any atom is 0.123 e. The van der Waals surface area contributed by atoms with E-state index in [1.165, 1.54) is 12.1 Å². The van der Waals surface area contributed by atoms with Gasteiger partial charge in [0.2, 0.25) is 0 Å². The molecule has 106 valence electrons. The van der Waals surface area contributed by atoms with Crippen molar-refractivity contribution in [2.75, 3.05) is 11.9 Å². The van der Waals surface area contributed by atoms with Crippen LogP contribution in [0.25, 0.3) is 0 Å². The summed E-state index contributed by atoms with van der Waals surface area (Å²) in [5.74, 6) is -0.228. The van der Waals surface area contributed by atoms with Crippen LogP contribution < -0.4 is 5.32 Å². The Morgan fingerprint density at radius 2 is 1.65 bits per heavy atom. The van der Waals surface area contributed by atoms with Gasteiger partial charge in [-0.15, -0.1) is 0 Å². The van der Waals surface area contributed by atoms with Crippen LogP contribution in [-0.2, 0) is 11.3 Å². The molecule has 0 aliphatic carbocycles. The van der Waals surface area contributed by atoms with Crippen molar-refractivity contribution in [1.29, 1.82) is 0 Å². The number of rotatable bonds is 6. The van der Waals surface area contributed by atoms with Crippen molar-refractivity contribution in [2.45, 2.75) is 26.0 Å². The molecule has 0 aliphatic rings. The van der Waals surface area contributed by atoms with Gasteiger partial charge in [0.1, 0.15) is 5.82 Å². The van der Waals surface area contributed by atoms with E-state index in [2.05, 4.69) is 19.2 Å². The minimum atomic E-state index is -0.228. The zero-order valence-corrected chi connectivity index (χ0v) is 11.9. The van der Waals surface area contributed by atoms with Gasteiger partial charge in [-0.1, -0.05) is 30.3 Å². The Morgan fingerprint density at radius 1 is 1.00 bits per heavy atom. The fourth-order valence-electron chi connectivity index (χ4n) is 1.96. The predicted molar refractivity (Wildman–Crippen MR) is 80.2 cm³/mol. The van der Waals surface area contributed by atoms with E-state index >= 15 is 0 Å². The summed E-state index contributed by atoms with van der Waals surface area (Å²) in [4.78, 5) is 0. The van der Waals surface area contributed by atoms with Crippen LogP contribution in [0.2, 0.25) is 0 Å². The first-order valence-corrected chi connectivity index (χ1v) is 6.71. The van der Waals surface area contributed by atoms with Crippen LogP contribution >= 0.6 is 0 Å². The minimum Gasteiger partial charge on any atom is -0.378 e. The molecule has 0 fully saturated rings. The quantitative estimate of drug-likeness (QED) is 0.850. The van der Waals surface area contributed by atoms with Crippen molar-refractivity contribution in [3.05, 3.63) is 66.0 Å². The molecule has 2 aromatic rings. The molecule has 0 bridgehead atoms. The van der Waals surface area contributed by atoms with Gasteiger partial charge < -0.3 is 10.1 Å². The number of ether oxygens (including phenoxy) is 1. The van der Waals surface area contributed by atoms with Gasteiger partial charge in [0.25, 0.3) is 0 Å². The second-order valence-corrected chi connectivity index (χ2v) is 5.49. The zero-order chi connectivity index (χ0) is 14.4. The standard InChI is InChI=1S/C17H20FNO/c1-17(2,19-16-10-8-15(18)9-11-16)13-20-12-14-6-4-3-5-7-14/h3-11,19H,12-13H2,1-2H3. The van der Waals surface area contributed by atoms with Crippen molar-refractivity contribution in [3.8, 4) is 0 Å². The normalized spacial score (nSPS) is 11.3. The van der Waals surface area contributed by atoms with Gasteiger partial charge in [-0.25, -0.2) is 4.39 Å². The Morgan fingerprint density at radius 3 is 2.30 bits per heavy atom. The number of benzene rings is 2. The number of halogens is 1. The van der Waals surface area contributed by atoms with Gasteiger partial charge in [0.15, 0.2) is 0 Å². The molecule has 0 atom stereocenters. The summed E-state index contributed by atoms with van der Waals surface area (Å²) in [6.07, 6.45) is 0. The highest BCUT2D eigenvalue weighted by Gasteiger charge is 2.17. The average molecular weight is 273 g/mol. The molecule has 0 radical (unpaired) electrons. The average Bonchev–Trinajstić information content (AvgIpc) is 2.42. The van der Waals surface area contributed by atoms with Crippen molar-refractivity contribution in [3.63, 3.8) is 0 Å². The molecule has 0 saturated heterocycles. The summed E-state index contributed by atoms with van der Waals surface area (Å²) in [5, 5.41) is 3.34.